The smallest absolute Gasteiger partial charge is 0.230 e. The molecule has 0 aliphatic heterocycles. The number of benzene rings is 1. The number of rotatable bonds is 6. The summed E-state index contributed by atoms with van der Waals surface area (Å²) in [6.07, 6.45) is 4.23. The largest absolute Gasteiger partial charge is 0.324 e. The first kappa shape index (κ1) is 16.3. The molecule has 0 aliphatic rings. The van der Waals surface area contributed by atoms with Crippen LogP contribution in [0.15, 0.2) is 60.2 Å². The van der Waals surface area contributed by atoms with Crippen LogP contribution in [0.4, 0.5) is 5.69 Å². The van der Waals surface area contributed by atoms with Crippen LogP contribution in [-0.4, -0.2) is 15.9 Å². The third-order valence-electron chi connectivity index (χ3n) is 3.47. The summed E-state index contributed by atoms with van der Waals surface area (Å²) in [5, 5.41) is 5.54. The molecule has 3 N–H and O–H groups in total. The zero-order valence-corrected chi connectivity index (χ0v) is 13.9. The second-order valence-electron chi connectivity index (χ2n) is 5.44. The summed E-state index contributed by atoms with van der Waals surface area (Å²) < 4.78 is 0. The molecule has 0 fully saturated rings. The van der Waals surface area contributed by atoms with E-state index in [9.17, 15) is 4.79 Å². The zero-order chi connectivity index (χ0) is 16.8. The second kappa shape index (κ2) is 7.81. The molecule has 1 aromatic carbocycles. The van der Waals surface area contributed by atoms with E-state index in [1.165, 1.54) is 16.9 Å². The molecule has 2 aromatic heterocycles. The van der Waals surface area contributed by atoms with Crippen LogP contribution in [-0.2, 0) is 17.6 Å². The number of hydrogen-bond donors (Lipinski definition) is 2. The van der Waals surface area contributed by atoms with Gasteiger partial charge in [0.05, 0.1) is 30.0 Å². The summed E-state index contributed by atoms with van der Waals surface area (Å²) in [6, 6.07) is 13.5. The van der Waals surface area contributed by atoms with E-state index in [1.807, 2.05) is 23.6 Å². The molecular formula is C18H18N4OS. The van der Waals surface area contributed by atoms with Crippen LogP contribution in [0.25, 0.3) is 0 Å². The first-order valence-electron chi connectivity index (χ1n) is 7.64. The molecule has 24 heavy (non-hydrogen) atoms. The quantitative estimate of drug-likeness (QED) is 0.724. The van der Waals surface area contributed by atoms with E-state index in [-0.39, 0.29) is 18.4 Å². The Bertz CT molecular complexity index is 789. The average Bonchev–Trinajstić information content (AvgIpc) is 3.05. The van der Waals surface area contributed by atoms with E-state index < -0.39 is 0 Å². The van der Waals surface area contributed by atoms with Gasteiger partial charge in [0.15, 0.2) is 0 Å². The summed E-state index contributed by atoms with van der Waals surface area (Å²) in [5.41, 5.74) is 8.83. The number of carbonyl (C=O) groups is 1. The van der Waals surface area contributed by atoms with Gasteiger partial charge in [-0.3, -0.25) is 9.78 Å². The monoisotopic (exact) mass is 338 g/mol. The van der Waals surface area contributed by atoms with E-state index in [4.69, 9.17) is 5.73 Å². The van der Waals surface area contributed by atoms with E-state index in [0.29, 0.717) is 5.69 Å². The van der Waals surface area contributed by atoms with Crippen molar-refractivity contribution < 1.29 is 4.79 Å². The number of nitrogens with one attached hydrogen (secondary N) is 1. The zero-order valence-electron chi connectivity index (χ0n) is 13.1. The fourth-order valence-electron chi connectivity index (χ4n) is 2.34. The number of hydrogen-bond acceptors (Lipinski definition) is 5. The summed E-state index contributed by atoms with van der Waals surface area (Å²) in [7, 11) is 0. The maximum Gasteiger partial charge on any atom is 0.230 e. The van der Waals surface area contributed by atoms with Crippen molar-refractivity contribution in [2.45, 2.75) is 18.9 Å². The highest BCUT2D eigenvalue weighted by Gasteiger charge is 2.13. The van der Waals surface area contributed by atoms with Crippen molar-refractivity contribution in [2.75, 3.05) is 5.32 Å². The van der Waals surface area contributed by atoms with Crippen LogP contribution in [0, 0.1) is 0 Å². The first-order valence-corrected chi connectivity index (χ1v) is 8.52. The summed E-state index contributed by atoms with van der Waals surface area (Å²) >= 11 is 1.50. The molecule has 3 rings (SSSR count). The molecule has 5 nitrogen and oxygen atoms in total. The van der Waals surface area contributed by atoms with E-state index >= 15 is 0 Å². The molecule has 0 radical (unpaired) electrons. The van der Waals surface area contributed by atoms with Gasteiger partial charge >= 0.3 is 0 Å². The fraction of sp³-hybridized carbons (Fsp3) is 0.167. The van der Waals surface area contributed by atoms with E-state index in [1.54, 1.807) is 24.5 Å². The Kier molecular flexibility index (Phi) is 5.30. The molecule has 0 bridgehead atoms. The fourth-order valence-corrected chi connectivity index (χ4v) is 3.16. The lowest BCUT2D eigenvalue weighted by Crippen LogP contribution is -2.16. The van der Waals surface area contributed by atoms with Crippen molar-refractivity contribution in [3.63, 3.8) is 0 Å². The number of thiazole rings is 1. The van der Waals surface area contributed by atoms with Gasteiger partial charge in [-0.1, -0.05) is 30.3 Å². The van der Waals surface area contributed by atoms with Gasteiger partial charge in [-0.2, -0.15) is 0 Å². The van der Waals surface area contributed by atoms with Crippen LogP contribution in [0.5, 0.6) is 0 Å². The van der Waals surface area contributed by atoms with Gasteiger partial charge in [-0.25, -0.2) is 4.98 Å². The first-order chi connectivity index (χ1) is 11.7. The lowest BCUT2D eigenvalue weighted by molar-refractivity contribution is -0.115. The molecule has 0 saturated carbocycles. The topological polar surface area (TPSA) is 80.9 Å². The lowest BCUT2D eigenvalue weighted by Gasteiger charge is -2.08. The molecule has 0 saturated heterocycles. The number of nitrogens with zero attached hydrogens (tertiary/aromatic N) is 2. The predicted molar refractivity (Wildman–Crippen MR) is 95.8 cm³/mol. The summed E-state index contributed by atoms with van der Waals surface area (Å²) in [6.45, 7) is 0. The second-order valence-corrected chi connectivity index (χ2v) is 6.33. The van der Waals surface area contributed by atoms with E-state index in [2.05, 4.69) is 27.4 Å². The Hall–Kier alpha value is -2.57. The molecular weight excluding hydrogens is 320 g/mol. The van der Waals surface area contributed by atoms with Crippen molar-refractivity contribution in [3.8, 4) is 0 Å². The van der Waals surface area contributed by atoms with Gasteiger partial charge in [0.1, 0.15) is 5.01 Å². The van der Waals surface area contributed by atoms with Crippen molar-refractivity contribution in [3.05, 3.63) is 76.5 Å². The number of amides is 1. The standard InChI is InChI=1S/C18H18N4OS/c19-16(9-13-5-2-1-3-6-13)18-22-15(12-24-18)10-17(23)21-14-7-4-8-20-11-14/h1-8,11-12,16H,9-10,19H2,(H,21,23). The maximum atomic E-state index is 12.0. The van der Waals surface area contributed by atoms with Gasteiger partial charge < -0.3 is 11.1 Å². The van der Waals surface area contributed by atoms with Crippen molar-refractivity contribution in [1.82, 2.24) is 9.97 Å². The Morgan fingerprint density at radius 1 is 1.21 bits per heavy atom. The molecule has 1 atom stereocenters. The number of nitrogens with two attached hydrogens (primary N) is 1. The van der Waals surface area contributed by atoms with Crippen LogP contribution >= 0.6 is 11.3 Å². The number of pyridine rings is 1. The number of aromatic nitrogens is 2. The SMILES string of the molecule is NC(Cc1ccccc1)c1nc(CC(=O)Nc2cccnc2)cs1. The minimum Gasteiger partial charge on any atom is -0.324 e. The van der Waals surface area contributed by atoms with Crippen LogP contribution in [0.1, 0.15) is 22.3 Å². The minimum absolute atomic E-state index is 0.114. The highest BCUT2D eigenvalue weighted by atomic mass is 32.1. The third kappa shape index (κ3) is 4.47. The molecule has 2 heterocycles. The molecule has 1 amide bonds. The highest BCUT2D eigenvalue weighted by molar-refractivity contribution is 7.09. The Morgan fingerprint density at radius 2 is 2.04 bits per heavy atom. The molecule has 6 heteroatoms. The van der Waals surface area contributed by atoms with E-state index in [0.717, 1.165) is 17.1 Å². The third-order valence-corrected chi connectivity index (χ3v) is 4.50. The van der Waals surface area contributed by atoms with Crippen molar-refractivity contribution >= 4 is 22.9 Å². The summed E-state index contributed by atoms with van der Waals surface area (Å²) in [4.78, 5) is 20.5. The lowest BCUT2D eigenvalue weighted by atomic mass is 10.1. The van der Waals surface area contributed by atoms with Gasteiger partial charge in [-0.15, -0.1) is 11.3 Å². The molecule has 0 spiro atoms. The Balaban J connectivity index is 1.58. The van der Waals surface area contributed by atoms with Gasteiger partial charge in [0.2, 0.25) is 5.91 Å². The molecule has 0 aliphatic carbocycles. The van der Waals surface area contributed by atoms with Crippen LogP contribution < -0.4 is 11.1 Å². The molecule has 3 aromatic rings. The average molecular weight is 338 g/mol. The Labute approximate surface area is 144 Å². The maximum absolute atomic E-state index is 12.0. The van der Waals surface area contributed by atoms with Crippen molar-refractivity contribution in [2.24, 2.45) is 5.73 Å². The van der Waals surface area contributed by atoms with Crippen LogP contribution in [0.2, 0.25) is 0 Å². The normalized spacial score (nSPS) is 11.9. The number of anilines is 1. The predicted octanol–water partition coefficient (Wildman–Crippen LogP) is 2.96. The van der Waals surface area contributed by atoms with Gasteiger partial charge in [0, 0.05) is 11.6 Å². The Morgan fingerprint density at radius 3 is 2.79 bits per heavy atom. The molecule has 1 unspecified atom stereocenters. The van der Waals surface area contributed by atoms with Gasteiger partial charge in [0.25, 0.3) is 0 Å². The summed E-state index contributed by atoms with van der Waals surface area (Å²) in [5.74, 6) is -0.114. The highest BCUT2D eigenvalue weighted by Crippen LogP contribution is 2.20. The number of carbonyl (C=O) groups excluding carboxylic acids is 1. The van der Waals surface area contributed by atoms with Gasteiger partial charge in [-0.05, 0) is 24.1 Å². The van der Waals surface area contributed by atoms with Crippen LogP contribution in [0.3, 0.4) is 0 Å². The minimum atomic E-state index is -0.160. The van der Waals surface area contributed by atoms with Crippen molar-refractivity contribution in [1.29, 1.82) is 0 Å². The molecule has 122 valence electrons.